The highest BCUT2D eigenvalue weighted by Crippen LogP contribution is 2.35. The number of methoxy groups -OCH3 is 2. The smallest absolute Gasteiger partial charge is 0.337 e. The molecule has 12 heteroatoms. The van der Waals surface area contributed by atoms with Crippen molar-refractivity contribution < 1.29 is 38.4 Å². The molecular weight excluding hydrogens is 520 g/mol. The third-order valence-electron chi connectivity index (χ3n) is 5.67. The maximum absolute atomic E-state index is 12.4. The summed E-state index contributed by atoms with van der Waals surface area (Å²) in [5.41, 5.74) is 4.48. The van der Waals surface area contributed by atoms with Gasteiger partial charge in [0.25, 0.3) is 0 Å². The van der Waals surface area contributed by atoms with E-state index in [0.717, 1.165) is 0 Å². The summed E-state index contributed by atoms with van der Waals surface area (Å²) >= 11 is 0. The van der Waals surface area contributed by atoms with Crippen LogP contribution in [-0.4, -0.2) is 63.6 Å². The topological polar surface area (TPSA) is 149 Å². The molecule has 0 radical (unpaired) electrons. The van der Waals surface area contributed by atoms with Crippen molar-refractivity contribution >= 4 is 18.2 Å². The zero-order valence-electron chi connectivity index (χ0n) is 22.9. The van der Waals surface area contributed by atoms with Gasteiger partial charge in [-0.3, -0.25) is 5.43 Å². The molecule has 0 saturated carbocycles. The molecule has 2 atom stereocenters. The second kappa shape index (κ2) is 14.4. The first-order valence-corrected chi connectivity index (χ1v) is 12.5. The van der Waals surface area contributed by atoms with Gasteiger partial charge in [0.2, 0.25) is 0 Å². The number of carbonyl (C=O) groups excluding carboxylic acids is 2. The van der Waals surface area contributed by atoms with Gasteiger partial charge in [-0.25, -0.2) is 9.59 Å². The number of hydrazone groups is 1. The van der Waals surface area contributed by atoms with Gasteiger partial charge in [0, 0.05) is 11.3 Å². The third kappa shape index (κ3) is 7.44. The Bertz CT molecular complexity index is 1280. The van der Waals surface area contributed by atoms with E-state index in [0.29, 0.717) is 46.4 Å². The van der Waals surface area contributed by atoms with Crippen molar-refractivity contribution in [1.82, 2.24) is 16.1 Å². The Morgan fingerprint density at radius 1 is 1.18 bits per heavy atom. The van der Waals surface area contributed by atoms with Crippen LogP contribution in [0.3, 0.4) is 0 Å². The van der Waals surface area contributed by atoms with Crippen LogP contribution in [0.4, 0.5) is 4.79 Å². The van der Waals surface area contributed by atoms with E-state index in [9.17, 15) is 14.7 Å². The Labute approximate surface area is 232 Å². The molecule has 4 N–H and O–H groups in total. The number of nitrogens with one attached hydrogen (secondary N) is 3. The van der Waals surface area contributed by atoms with Crippen molar-refractivity contribution in [3.8, 4) is 23.0 Å². The minimum Gasteiger partial charge on any atom is -0.493 e. The van der Waals surface area contributed by atoms with Crippen molar-refractivity contribution in [2.45, 2.75) is 26.1 Å². The number of amides is 2. The lowest BCUT2D eigenvalue weighted by Gasteiger charge is -2.28. The van der Waals surface area contributed by atoms with Crippen molar-refractivity contribution in [2.24, 2.45) is 5.10 Å². The fourth-order valence-electron chi connectivity index (χ4n) is 3.91. The molecule has 0 saturated heterocycles. The zero-order chi connectivity index (χ0) is 29.1. The number of ether oxygens (including phenoxy) is 5. The predicted octanol–water partition coefficient (Wildman–Crippen LogP) is 2.78. The van der Waals surface area contributed by atoms with Crippen LogP contribution in [0.1, 0.15) is 31.0 Å². The van der Waals surface area contributed by atoms with Crippen LogP contribution in [0.2, 0.25) is 0 Å². The lowest BCUT2D eigenvalue weighted by atomic mass is 9.95. The molecule has 214 valence electrons. The summed E-state index contributed by atoms with van der Waals surface area (Å²) in [5, 5.41) is 19.8. The monoisotopic (exact) mass is 554 g/mol. The van der Waals surface area contributed by atoms with E-state index >= 15 is 0 Å². The Balaban J connectivity index is 1.71. The summed E-state index contributed by atoms with van der Waals surface area (Å²) in [4.78, 5) is 24.5. The second-order valence-electron chi connectivity index (χ2n) is 8.39. The van der Waals surface area contributed by atoms with E-state index in [2.05, 4.69) is 27.7 Å². The van der Waals surface area contributed by atoms with E-state index in [4.69, 9.17) is 23.7 Å². The van der Waals surface area contributed by atoms with Crippen LogP contribution >= 0.6 is 0 Å². The van der Waals surface area contributed by atoms with Crippen LogP contribution in [0, 0.1) is 0 Å². The number of urea groups is 1. The molecule has 2 amide bonds. The number of aliphatic hydroxyl groups is 1. The maximum atomic E-state index is 12.4. The third-order valence-corrected chi connectivity index (χ3v) is 5.67. The molecule has 0 aromatic heterocycles. The largest absolute Gasteiger partial charge is 0.493 e. The normalized spacial score (nSPS) is 15.5. The Morgan fingerprint density at radius 2 is 1.98 bits per heavy atom. The number of rotatable bonds is 14. The number of hydrogen-bond acceptors (Lipinski definition) is 10. The fraction of sp³-hybridized carbons (Fsp3) is 0.321. The number of hydrogen-bond donors (Lipinski definition) is 4. The molecule has 1 aliphatic heterocycles. The van der Waals surface area contributed by atoms with Crippen molar-refractivity contribution in [3.63, 3.8) is 0 Å². The average Bonchev–Trinajstić information content (AvgIpc) is 2.95. The summed E-state index contributed by atoms with van der Waals surface area (Å²) in [6.45, 7) is 7.54. The second-order valence-corrected chi connectivity index (χ2v) is 8.39. The lowest BCUT2D eigenvalue weighted by molar-refractivity contribution is -0.136. The van der Waals surface area contributed by atoms with E-state index in [1.807, 2.05) is 6.92 Å². The first-order valence-electron chi connectivity index (χ1n) is 12.5. The number of esters is 1. The van der Waals surface area contributed by atoms with Gasteiger partial charge in [0.1, 0.15) is 13.2 Å². The molecule has 40 heavy (non-hydrogen) atoms. The molecule has 0 unspecified atom stereocenters. The molecule has 12 nitrogen and oxygen atoms in total. The van der Waals surface area contributed by atoms with Crippen LogP contribution in [0.25, 0.3) is 0 Å². The van der Waals surface area contributed by atoms with Crippen molar-refractivity contribution in [3.05, 3.63) is 71.5 Å². The Morgan fingerprint density at radius 3 is 2.67 bits per heavy atom. The van der Waals surface area contributed by atoms with Gasteiger partial charge in [0.15, 0.2) is 29.2 Å². The Hall–Kier alpha value is -4.71. The van der Waals surface area contributed by atoms with Gasteiger partial charge in [0.05, 0.1) is 38.7 Å². The molecule has 3 rings (SSSR count). The molecule has 0 spiro atoms. The fourth-order valence-corrected chi connectivity index (χ4v) is 3.91. The highest BCUT2D eigenvalue weighted by atomic mass is 16.5. The van der Waals surface area contributed by atoms with E-state index in [1.165, 1.54) is 20.4 Å². The summed E-state index contributed by atoms with van der Waals surface area (Å²) in [6.07, 6.45) is 1.95. The quantitative estimate of drug-likeness (QED) is 0.0909. The van der Waals surface area contributed by atoms with Crippen LogP contribution in [0.15, 0.2) is 65.4 Å². The van der Waals surface area contributed by atoms with E-state index < -0.39 is 24.3 Å². The van der Waals surface area contributed by atoms with Crippen LogP contribution in [-0.2, 0) is 9.53 Å². The van der Waals surface area contributed by atoms with Crippen molar-refractivity contribution in [1.29, 1.82) is 0 Å². The molecule has 0 fully saturated rings. The lowest BCUT2D eigenvalue weighted by Crippen LogP contribution is -2.45. The number of carbonyl (C=O) groups is 2. The number of allylic oxidation sites excluding steroid dienone is 1. The summed E-state index contributed by atoms with van der Waals surface area (Å²) in [6, 6.07) is 9.13. The minimum absolute atomic E-state index is 0.162. The molecule has 2 aromatic rings. The molecule has 2 aromatic carbocycles. The van der Waals surface area contributed by atoms with Gasteiger partial charge in [-0.1, -0.05) is 24.8 Å². The summed E-state index contributed by atoms with van der Waals surface area (Å²) in [7, 11) is 2.81. The standard InChI is InChI=1S/C28H34N4O8/c1-6-13-39-26-19(9-8-10-21(26)36-4)15-29-32-23(33)16-40-20-12-11-18(14-22(20)38-7-2)25-24(27(34)37-5)17(3)30-28(35)31-25/h6,8-12,14-15,23,25,32-33H,1,7,13,16H2,2-5H3,(H2,30,31,35)/b29-15+/t23-,25+/m0/s1. The Kier molecular flexibility index (Phi) is 10.8. The van der Waals surface area contributed by atoms with E-state index in [1.54, 1.807) is 49.4 Å². The average molecular weight is 555 g/mol. The minimum atomic E-state index is -1.16. The molecular formula is C28H34N4O8. The van der Waals surface area contributed by atoms with Crippen LogP contribution < -0.4 is 35.0 Å². The predicted molar refractivity (Wildman–Crippen MR) is 148 cm³/mol. The maximum Gasteiger partial charge on any atom is 0.337 e. The molecule has 1 heterocycles. The van der Waals surface area contributed by atoms with Gasteiger partial charge in [-0.2, -0.15) is 5.10 Å². The first-order chi connectivity index (χ1) is 19.3. The molecule has 0 bridgehead atoms. The molecule has 0 aliphatic carbocycles. The van der Waals surface area contributed by atoms with Gasteiger partial charge < -0.3 is 39.4 Å². The van der Waals surface area contributed by atoms with Gasteiger partial charge in [-0.15, -0.1) is 0 Å². The molecule has 1 aliphatic rings. The van der Waals surface area contributed by atoms with Crippen molar-refractivity contribution in [2.75, 3.05) is 34.0 Å². The van der Waals surface area contributed by atoms with Crippen LogP contribution in [0.5, 0.6) is 23.0 Å². The highest BCUT2D eigenvalue weighted by Gasteiger charge is 2.32. The number of para-hydroxylation sites is 1. The number of aliphatic hydroxyl groups excluding tert-OH is 1. The SMILES string of the molecule is C=CCOc1c(/C=N/N[C@@H](O)COc2ccc([C@H]3NC(=O)NC(C)=C3C(=O)OC)cc2OCC)cccc1OC. The summed E-state index contributed by atoms with van der Waals surface area (Å²) in [5.74, 6) is 1.17. The number of nitrogens with zero attached hydrogens (tertiary/aromatic N) is 1. The summed E-state index contributed by atoms with van der Waals surface area (Å²) < 4.78 is 27.4. The highest BCUT2D eigenvalue weighted by molar-refractivity contribution is 5.95. The number of benzene rings is 2. The van der Waals surface area contributed by atoms with Gasteiger partial charge >= 0.3 is 12.0 Å². The zero-order valence-corrected chi connectivity index (χ0v) is 22.9. The van der Waals surface area contributed by atoms with E-state index in [-0.39, 0.29) is 18.8 Å². The van der Waals surface area contributed by atoms with Gasteiger partial charge in [-0.05, 0) is 43.7 Å². The first kappa shape index (κ1) is 29.8.